The largest absolute Gasteiger partial charge is 0.495 e. The van der Waals surface area contributed by atoms with Crippen molar-refractivity contribution >= 4 is 31.8 Å². The fourth-order valence-electron chi connectivity index (χ4n) is 1.65. The van der Waals surface area contributed by atoms with E-state index in [0.29, 0.717) is 21.5 Å². The molecule has 0 aliphatic carbocycles. The maximum absolute atomic E-state index is 11.6. The third kappa shape index (κ3) is 1.43. The van der Waals surface area contributed by atoms with Gasteiger partial charge in [0, 0.05) is 6.07 Å². The maximum Gasteiger partial charge on any atom is 0.326 e. The van der Waals surface area contributed by atoms with Gasteiger partial charge in [-0.2, -0.15) is 0 Å². The normalized spacial score (nSPS) is 11.1. The average Bonchev–Trinajstić information content (AvgIpc) is 2.67. The molecular weight excluding hydrogens is 242 g/mol. The highest BCUT2D eigenvalue weighted by molar-refractivity contribution is 7.25. The van der Waals surface area contributed by atoms with Crippen molar-refractivity contribution in [3.8, 4) is 5.75 Å². The van der Waals surface area contributed by atoms with E-state index in [4.69, 9.17) is 4.74 Å². The van der Waals surface area contributed by atoms with Gasteiger partial charge in [0.05, 0.1) is 23.5 Å². The summed E-state index contributed by atoms with van der Waals surface area (Å²) in [7, 11) is 1.55. The van der Waals surface area contributed by atoms with Gasteiger partial charge in [0.15, 0.2) is 0 Å². The number of H-pyrrole nitrogens is 2. The Balaban J connectivity index is 2.54. The smallest absolute Gasteiger partial charge is 0.326 e. The van der Waals surface area contributed by atoms with E-state index in [9.17, 15) is 9.59 Å². The monoisotopic (exact) mass is 249 g/mol. The number of aromatic nitrogens is 3. The number of fused-ring (bicyclic) bond motifs is 3. The molecule has 3 aromatic rings. The third-order valence-corrected chi connectivity index (χ3v) is 3.54. The van der Waals surface area contributed by atoms with Crippen LogP contribution in [-0.4, -0.2) is 22.1 Å². The predicted molar refractivity (Wildman–Crippen MR) is 64.9 cm³/mol. The van der Waals surface area contributed by atoms with Crippen LogP contribution in [0.1, 0.15) is 0 Å². The van der Waals surface area contributed by atoms with Crippen molar-refractivity contribution in [1.29, 1.82) is 0 Å². The molecular formula is C10H7N3O3S. The summed E-state index contributed by atoms with van der Waals surface area (Å²) in [5.74, 6) is 0.614. The highest BCUT2D eigenvalue weighted by atomic mass is 32.1. The molecule has 3 aromatic heterocycles. The molecule has 0 aliphatic rings. The standard InChI is InChI=1S/C10H7N3O3S/c1-16-4-2-5-6(11-3-4)7-8(17-5)9(14)13-10(15)12-7/h2-3H,1H3,(H2,12,13,14,15). The fraction of sp³-hybridized carbons (Fsp3) is 0.100. The topological polar surface area (TPSA) is 87.8 Å². The Morgan fingerprint density at radius 1 is 1.35 bits per heavy atom. The molecule has 0 fully saturated rings. The van der Waals surface area contributed by atoms with Gasteiger partial charge in [-0.05, 0) is 0 Å². The molecule has 0 unspecified atom stereocenters. The summed E-state index contributed by atoms with van der Waals surface area (Å²) in [6.07, 6.45) is 1.55. The first-order valence-corrected chi connectivity index (χ1v) is 5.59. The van der Waals surface area contributed by atoms with Gasteiger partial charge in [-0.3, -0.25) is 9.78 Å². The number of aromatic amines is 2. The Hall–Kier alpha value is -2.15. The minimum atomic E-state index is -0.528. The molecule has 3 heterocycles. The zero-order chi connectivity index (χ0) is 12.0. The molecule has 0 spiro atoms. The number of pyridine rings is 1. The van der Waals surface area contributed by atoms with Gasteiger partial charge in [0.25, 0.3) is 5.56 Å². The van der Waals surface area contributed by atoms with E-state index in [2.05, 4.69) is 15.0 Å². The van der Waals surface area contributed by atoms with Crippen molar-refractivity contribution in [2.45, 2.75) is 0 Å². The molecule has 0 aromatic carbocycles. The SMILES string of the molecule is COc1cnc2c(c1)sc1c(=O)[nH]c(=O)[nH]c12. The molecule has 0 bridgehead atoms. The van der Waals surface area contributed by atoms with Crippen molar-refractivity contribution in [3.63, 3.8) is 0 Å². The maximum atomic E-state index is 11.6. The second-order valence-corrected chi connectivity index (χ2v) is 4.49. The summed E-state index contributed by atoms with van der Waals surface area (Å²) < 4.78 is 6.32. The Morgan fingerprint density at radius 3 is 2.94 bits per heavy atom. The lowest BCUT2D eigenvalue weighted by Gasteiger charge is -1.97. The van der Waals surface area contributed by atoms with E-state index >= 15 is 0 Å². The molecule has 0 atom stereocenters. The number of hydrogen-bond acceptors (Lipinski definition) is 5. The molecule has 17 heavy (non-hydrogen) atoms. The zero-order valence-corrected chi connectivity index (χ0v) is 9.55. The quantitative estimate of drug-likeness (QED) is 0.668. The number of nitrogens with one attached hydrogen (secondary N) is 2. The minimum Gasteiger partial charge on any atom is -0.495 e. The van der Waals surface area contributed by atoms with Crippen LogP contribution < -0.4 is 16.0 Å². The predicted octanol–water partition coefficient (Wildman–Crippen LogP) is 0.835. The average molecular weight is 249 g/mol. The van der Waals surface area contributed by atoms with Crippen LogP contribution in [0.3, 0.4) is 0 Å². The van der Waals surface area contributed by atoms with Crippen LogP contribution in [-0.2, 0) is 0 Å². The molecule has 0 aliphatic heterocycles. The van der Waals surface area contributed by atoms with Crippen molar-refractivity contribution in [3.05, 3.63) is 33.1 Å². The summed E-state index contributed by atoms with van der Waals surface area (Å²) in [5.41, 5.74) is 0.154. The van der Waals surface area contributed by atoms with Crippen molar-refractivity contribution in [2.75, 3.05) is 7.11 Å². The molecule has 6 nitrogen and oxygen atoms in total. The highest BCUT2D eigenvalue weighted by Crippen LogP contribution is 2.30. The highest BCUT2D eigenvalue weighted by Gasteiger charge is 2.11. The van der Waals surface area contributed by atoms with Gasteiger partial charge in [-0.25, -0.2) is 9.78 Å². The van der Waals surface area contributed by atoms with E-state index in [1.807, 2.05) is 0 Å². The summed E-state index contributed by atoms with van der Waals surface area (Å²) in [5, 5.41) is 0. The van der Waals surface area contributed by atoms with E-state index in [1.54, 1.807) is 19.4 Å². The second kappa shape index (κ2) is 3.42. The van der Waals surface area contributed by atoms with Crippen molar-refractivity contribution in [1.82, 2.24) is 15.0 Å². The van der Waals surface area contributed by atoms with Gasteiger partial charge in [-0.1, -0.05) is 0 Å². The zero-order valence-electron chi connectivity index (χ0n) is 8.73. The van der Waals surface area contributed by atoms with Gasteiger partial charge >= 0.3 is 5.69 Å². The van der Waals surface area contributed by atoms with Crippen LogP contribution in [0.5, 0.6) is 5.75 Å². The number of hydrogen-bond donors (Lipinski definition) is 2. The van der Waals surface area contributed by atoms with E-state index in [1.165, 1.54) is 11.3 Å². The van der Waals surface area contributed by atoms with E-state index in [-0.39, 0.29) is 0 Å². The molecule has 2 N–H and O–H groups in total. The summed E-state index contributed by atoms with van der Waals surface area (Å²) in [6, 6.07) is 1.78. The lowest BCUT2D eigenvalue weighted by atomic mass is 10.3. The summed E-state index contributed by atoms with van der Waals surface area (Å²) in [4.78, 5) is 31.8. The molecule has 0 radical (unpaired) electrons. The summed E-state index contributed by atoms with van der Waals surface area (Å²) in [6.45, 7) is 0. The second-order valence-electron chi connectivity index (χ2n) is 3.44. The van der Waals surface area contributed by atoms with Crippen LogP contribution >= 0.6 is 11.3 Å². The Morgan fingerprint density at radius 2 is 2.18 bits per heavy atom. The van der Waals surface area contributed by atoms with Gasteiger partial charge in [0.2, 0.25) is 0 Å². The number of ether oxygens (including phenoxy) is 1. The van der Waals surface area contributed by atoms with Crippen molar-refractivity contribution in [2.24, 2.45) is 0 Å². The third-order valence-electron chi connectivity index (χ3n) is 2.41. The van der Waals surface area contributed by atoms with Crippen LogP contribution in [0, 0.1) is 0 Å². The number of methoxy groups -OCH3 is 1. The van der Waals surface area contributed by atoms with Gasteiger partial charge < -0.3 is 9.72 Å². The van der Waals surface area contributed by atoms with Crippen LogP contribution in [0.2, 0.25) is 0 Å². The van der Waals surface area contributed by atoms with Crippen LogP contribution in [0.15, 0.2) is 21.9 Å². The minimum absolute atomic E-state index is 0.397. The molecule has 3 rings (SSSR count). The first-order chi connectivity index (χ1) is 8.19. The lowest BCUT2D eigenvalue weighted by molar-refractivity contribution is 0.414. The Bertz CT molecular complexity index is 830. The molecule has 0 saturated heterocycles. The molecule has 86 valence electrons. The summed E-state index contributed by atoms with van der Waals surface area (Å²) >= 11 is 1.27. The van der Waals surface area contributed by atoms with Gasteiger partial charge in [-0.15, -0.1) is 11.3 Å². The number of thiophene rings is 1. The van der Waals surface area contributed by atoms with Crippen LogP contribution in [0.4, 0.5) is 0 Å². The first kappa shape index (κ1) is 10.0. The Labute approximate surface area is 97.9 Å². The lowest BCUT2D eigenvalue weighted by Crippen LogP contribution is -2.20. The molecule has 0 amide bonds. The van der Waals surface area contributed by atoms with Crippen LogP contribution in [0.25, 0.3) is 20.4 Å². The fourth-order valence-corrected chi connectivity index (χ4v) is 2.69. The van der Waals surface area contributed by atoms with E-state index < -0.39 is 11.2 Å². The van der Waals surface area contributed by atoms with Crippen molar-refractivity contribution < 1.29 is 4.74 Å². The number of nitrogens with zero attached hydrogens (tertiary/aromatic N) is 1. The molecule has 0 saturated carbocycles. The van der Waals surface area contributed by atoms with Gasteiger partial charge in [0.1, 0.15) is 16.0 Å². The van der Waals surface area contributed by atoms with E-state index in [0.717, 1.165) is 4.70 Å². The number of rotatable bonds is 1. The Kier molecular flexibility index (Phi) is 2.02. The first-order valence-electron chi connectivity index (χ1n) is 4.78. The molecule has 7 heteroatoms.